The van der Waals surface area contributed by atoms with Crippen LogP contribution in [0.2, 0.25) is 0 Å². The van der Waals surface area contributed by atoms with Crippen molar-refractivity contribution in [3.63, 3.8) is 0 Å². The maximum absolute atomic E-state index is 12.3. The fourth-order valence-corrected chi connectivity index (χ4v) is 2.01. The summed E-state index contributed by atoms with van der Waals surface area (Å²) in [6.45, 7) is 2.85. The predicted octanol–water partition coefficient (Wildman–Crippen LogP) is 2.87. The average molecular weight is 245 g/mol. The molecule has 1 fully saturated rings. The Bertz CT molecular complexity index is 375. The second-order valence-electron chi connectivity index (χ2n) is 4.31. The molecule has 0 aliphatic carbocycles. The molecule has 3 nitrogen and oxygen atoms in total. The lowest BCUT2D eigenvalue weighted by atomic mass is 10.0. The molecule has 1 unspecified atom stereocenters. The molecule has 1 aliphatic heterocycles. The van der Waals surface area contributed by atoms with Gasteiger partial charge in [0.15, 0.2) is 0 Å². The topological polar surface area (TPSA) is 29.0 Å². The summed E-state index contributed by atoms with van der Waals surface area (Å²) in [4.78, 5) is 9.59. The second-order valence-corrected chi connectivity index (χ2v) is 4.31. The molecule has 94 valence electrons. The zero-order valence-corrected chi connectivity index (χ0v) is 9.54. The van der Waals surface area contributed by atoms with Crippen LogP contribution >= 0.6 is 0 Å². The molecule has 0 bridgehead atoms. The van der Waals surface area contributed by atoms with Crippen molar-refractivity contribution in [2.24, 2.45) is 0 Å². The van der Waals surface area contributed by atoms with Gasteiger partial charge in [0.25, 0.3) is 0 Å². The lowest BCUT2D eigenvalue weighted by Gasteiger charge is -2.33. The third kappa shape index (κ3) is 2.68. The number of hydrogen-bond donors (Lipinski definition) is 0. The molecule has 1 aromatic rings. The van der Waals surface area contributed by atoms with Gasteiger partial charge >= 0.3 is 6.18 Å². The molecule has 1 aromatic heterocycles. The highest BCUT2D eigenvalue weighted by molar-refractivity contribution is 5.32. The number of nitrogens with zero attached hydrogens (tertiary/aromatic N) is 3. The molecule has 0 N–H and O–H groups in total. The van der Waals surface area contributed by atoms with Gasteiger partial charge in [-0.05, 0) is 26.2 Å². The van der Waals surface area contributed by atoms with Gasteiger partial charge in [0.05, 0.1) is 5.56 Å². The Morgan fingerprint density at radius 2 is 1.88 bits per heavy atom. The highest BCUT2D eigenvalue weighted by Crippen LogP contribution is 2.29. The van der Waals surface area contributed by atoms with Gasteiger partial charge in [-0.25, -0.2) is 9.97 Å². The summed E-state index contributed by atoms with van der Waals surface area (Å²) in [5.41, 5.74) is -0.800. The van der Waals surface area contributed by atoms with Crippen molar-refractivity contribution in [1.29, 1.82) is 0 Å². The van der Waals surface area contributed by atoms with Gasteiger partial charge in [-0.15, -0.1) is 0 Å². The molecular weight excluding hydrogens is 231 g/mol. The number of hydrogen-bond acceptors (Lipinski definition) is 3. The van der Waals surface area contributed by atoms with Crippen LogP contribution in [0.1, 0.15) is 31.7 Å². The Morgan fingerprint density at radius 1 is 1.24 bits per heavy atom. The van der Waals surface area contributed by atoms with E-state index in [1.807, 2.05) is 11.8 Å². The molecule has 0 spiro atoms. The van der Waals surface area contributed by atoms with Crippen molar-refractivity contribution >= 4 is 5.95 Å². The smallest absolute Gasteiger partial charge is 0.338 e. The van der Waals surface area contributed by atoms with Crippen molar-refractivity contribution in [3.05, 3.63) is 18.0 Å². The van der Waals surface area contributed by atoms with Crippen LogP contribution in [0.5, 0.6) is 0 Å². The number of piperidine rings is 1. The van der Waals surface area contributed by atoms with E-state index >= 15 is 0 Å². The molecule has 0 aromatic carbocycles. The van der Waals surface area contributed by atoms with Crippen molar-refractivity contribution in [2.45, 2.75) is 38.4 Å². The van der Waals surface area contributed by atoms with Crippen molar-refractivity contribution in [3.8, 4) is 0 Å². The summed E-state index contributed by atoms with van der Waals surface area (Å²) in [5.74, 6) is 0.394. The molecule has 6 heteroatoms. The van der Waals surface area contributed by atoms with Crippen LogP contribution in [0.25, 0.3) is 0 Å². The maximum atomic E-state index is 12.3. The summed E-state index contributed by atoms with van der Waals surface area (Å²) in [6.07, 6.45) is 0.552. The minimum atomic E-state index is -4.37. The monoisotopic (exact) mass is 245 g/mol. The minimum absolute atomic E-state index is 0.292. The van der Waals surface area contributed by atoms with E-state index in [1.165, 1.54) is 0 Å². The first-order chi connectivity index (χ1) is 7.98. The maximum Gasteiger partial charge on any atom is 0.419 e. The fraction of sp³-hybridized carbons (Fsp3) is 0.636. The Labute approximate surface area is 97.7 Å². The van der Waals surface area contributed by atoms with Gasteiger partial charge in [0, 0.05) is 25.0 Å². The van der Waals surface area contributed by atoms with Crippen molar-refractivity contribution < 1.29 is 13.2 Å². The quantitative estimate of drug-likeness (QED) is 0.761. The van der Waals surface area contributed by atoms with Gasteiger partial charge in [-0.3, -0.25) is 0 Å². The van der Waals surface area contributed by atoms with E-state index in [0.717, 1.165) is 38.2 Å². The minimum Gasteiger partial charge on any atom is -0.338 e. The predicted molar refractivity (Wildman–Crippen MR) is 57.7 cm³/mol. The lowest BCUT2D eigenvalue weighted by Crippen LogP contribution is -2.38. The highest BCUT2D eigenvalue weighted by Gasteiger charge is 2.32. The lowest BCUT2D eigenvalue weighted by molar-refractivity contribution is -0.138. The molecule has 0 saturated carbocycles. The van der Waals surface area contributed by atoms with E-state index in [4.69, 9.17) is 0 Å². The highest BCUT2D eigenvalue weighted by atomic mass is 19.4. The first-order valence-corrected chi connectivity index (χ1v) is 5.64. The number of anilines is 1. The van der Waals surface area contributed by atoms with E-state index in [2.05, 4.69) is 9.97 Å². The van der Waals surface area contributed by atoms with Crippen LogP contribution in [0, 0.1) is 0 Å². The van der Waals surface area contributed by atoms with Crippen LogP contribution < -0.4 is 4.90 Å². The van der Waals surface area contributed by atoms with Gasteiger partial charge in [0.2, 0.25) is 5.95 Å². The number of rotatable bonds is 1. The van der Waals surface area contributed by atoms with E-state index in [0.29, 0.717) is 12.0 Å². The number of aromatic nitrogens is 2. The summed E-state index contributed by atoms with van der Waals surface area (Å²) in [6, 6.07) is 0.292. The molecule has 0 amide bonds. The van der Waals surface area contributed by atoms with Gasteiger partial charge < -0.3 is 4.90 Å². The third-order valence-electron chi connectivity index (χ3n) is 3.03. The zero-order valence-electron chi connectivity index (χ0n) is 9.54. The summed E-state index contributed by atoms with van der Waals surface area (Å²) >= 11 is 0. The molecule has 2 heterocycles. The molecule has 1 aliphatic rings. The third-order valence-corrected chi connectivity index (χ3v) is 3.03. The van der Waals surface area contributed by atoms with Crippen LogP contribution in [0.15, 0.2) is 12.4 Å². The SMILES string of the molecule is CC1CCCCN1c1ncc(C(F)(F)F)cn1. The van der Waals surface area contributed by atoms with Gasteiger partial charge in [-0.2, -0.15) is 13.2 Å². The van der Waals surface area contributed by atoms with E-state index in [-0.39, 0.29) is 0 Å². The second kappa shape index (κ2) is 4.50. The van der Waals surface area contributed by atoms with Crippen LogP contribution in [-0.2, 0) is 6.18 Å². The fourth-order valence-electron chi connectivity index (χ4n) is 2.01. The Hall–Kier alpha value is -1.33. The zero-order chi connectivity index (χ0) is 12.5. The molecule has 2 rings (SSSR count). The van der Waals surface area contributed by atoms with E-state index < -0.39 is 11.7 Å². The van der Waals surface area contributed by atoms with Crippen molar-refractivity contribution in [1.82, 2.24) is 9.97 Å². The largest absolute Gasteiger partial charge is 0.419 e. The van der Waals surface area contributed by atoms with Gasteiger partial charge in [-0.1, -0.05) is 0 Å². The summed E-state index contributed by atoms with van der Waals surface area (Å²) < 4.78 is 37.0. The normalized spacial score (nSPS) is 21.6. The Kier molecular flexibility index (Phi) is 3.22. The molecule has 17 heavy (non-hydrogen) atoms. The van der Waals surface area contributed by atoms with Crippen LogP contribution in [0.4, 0.5) is 19.1 Å². The van der Waals surface area contributed by atoms with E-state index in [9.17, 15) is 13.2 Å². The van der Waals surface area contributed by atoms with Crippen LogP contribution in [-0.4, -0.2) is 22.6 Å². The molecule has 0 radical (unpaired) electrons. The first kappa shape index (κ1) is 12.1. The van der Waals surface area contributed by atoms with Crippen molar-refractivity contribution in [2.75, 3.05) is 11.4 Å². The average Bonchev–Trinajstić information content (AvgIpc) is 2.29. The Morgan fingerprint density at radius 3 is 2.41 bits per heavy atom. The standard InChI is InChI=1S/C11H14F3N3/c1-8-4-2-3-5-17(8)10-15-6-9(7-16-10)11(12,13)14/h6-8H,2-5H2,1H3. The molecule has 1 saturated heterocycles. The number of alkyl halides is 3. The Balaban J connectivity index is 2.17. The molecule has 1 atom stereocenters. The van der Waals surface area contributed by atoms with Gasteiger partial charge in [0.1, 0.15) is 0 Å². The number of halogens is 3. The van der Waals surface area contributed by atoms with Crippen LogP contribution in [0.3, 0.4) is 0 Å². The van der Waals surface area contributed by atoms with E-state index in [1.54, 1.807) is 0 Å². The first-order valence-electron chi connectivity index (χ1n) is 5.64. The summed E-state index contributed by atoms with van der Waals surface area (Å²) in [5, 5.41) is 0. The summed E-state index contributed by atoms with van der Waals surface area (Å²) in [7, 11) is 0. The molecular formula is C11H14F3N3.